The predicted molar refractivity (Wildman–Crippen MR) is 189 cm³/mol. The van der Waals surface area contributed by atoms with Crippen LogP contribution in [0.2, 0.25) is 0 Å². The smallest absolute Gasteiger partial charge is 0.274 e. The van der Waals surface area contributed by atoms with Crippen LogP contribution in [0.15, 0.2) is 82.1 Å². The zero-order valence-corrected chi connectivity index (χ0v) is 29.4. The number of benzene rings is 2. The average Bonchev–Trinajstić information content (AvgIpc) is 3.47. The van der Waals surface area contributed by atoms with Crippen LogP contribution in [0.3, 0.4) is 0 Å². The molecule has 4 aromatic rings. The minimum Gasteiger partial charge on any atom is -0.379 e. The summed E-state index contributed by atoms with van der Waals surface area (Å²) in [6, 6.07) is 19.0. The molecule has 13 heteroatoms. The Bertz CT molecular complexity index is 1760. The maximum Gasteiger partial charge on any atom is 0.274 e. The Morgan fingerprint density at radius 1 is 0.941 bits per heavy atom. The average molecular weight is 714 g/mol. The number of rotatable bonds is 18. The van der Waals surface area contributed by atoms with Gasteiger partial charge in [-0.25, -0.2) is 4.98 Å². The van der Waals surface area contributed by atoms with Gasteiger partial charge in [0, 0.05) is 37.4 Å². The van der Waals surface area contributed by atoms with Crippen molar-refractivity contribution in [1.82, 2.24) is 25.7 Å². The molecular weight excluding hydrogens is 671 g/mol. The number of nitrogens with zero attached hydrogens (tertiary/aromatic N) is 3. The van der Waals surface area contributed by atoms with Crippen LogP contribution in [0.4, 0.5) is 0 Å². The summed E-state index contributed by atoms with van der Waals surface area (Å²) < 4.78 is 16.3. The number of aryl methyl sites for hydroxylation is 1. The molecule has 51 heavy (non-hydrogen) atoms. The normalized spacial score (nSPS) is 19.1. The zero-order valence-electron chi connectivity index (χ0n) is 28.6. The third-order valence-corrected chi connectivity index (χ3v) is 9.94. The van der Waals surface area contributed by atoms with Crippen LogP contribution in [0.5, 0.6) is 0 Å². The predicted octanol–water partition coefficient (Wildman–Crippen LogP) is 3.60. The SMILES string of the molecule is C[C@]1(C(=O)[C@H](Cc2ccccc2)NC(=O)[C@@H](CC(=O)[C@H](CCc2ccccc2)NC(=O)c2cc(CN3CCOCC3)on2)Cc2cscn2)CO1. The molecule has 2 amide bonds. The quantitative estimate of drug-likeness (QED) is 0.146. The minimum atomic E-state index is -0.955. The fraction of sp³-hybridized carbons (Fsp3) is 0.421. The highest BCUT2D eigenvalue weighted by Crippen LogP contribution is 2.29. The molecule has 2 N–H and O–H groups in total. The molecule has 0 aliphatic carbocycles. The number of ether oxygens (including phenoxy) is 2. The van der Waals surface area contributed by atoms with Crippen molar-refractivity contribution in [2.45, 2.75) is 63.3 Å². The third-order valence-electron chi connectivity index (χ3n) is 9.30. The van der Waals surface area contributed by atoms with Crippen molar-refractivity contribution in [3.63, 3.8) is 0 Å². The van der Waals surface area contributed by atoms with E-state index in [1.54, 1.807) is 18.5 Å². The Hall–Kier alpha value is -4.56. The monoisotopic (exact) mass is 713 g/mol. The van der Waals surface area contributed by atoms with E-state index >= 15 is 0 Å². The Kier molecular flexibility index (Phi) is 12.2. The van der Waals surface area contributed by atoms with Gasteiger partial charge in [-0.2, -0.15) is 0 Å². The van der Waals surface area contributed by atoms with Crippen molar-refractivity contribution >= 4 is 34.7 Å². The number of epoxide rings is 1. The lowest BCUT2D eigenvalue weighted by Gasteiger charge is -2.25. The maximum absolute atomic E-state index is 14.2. The number of Topliss-reactive ketones (excluding diaryl/α,β-unsaturated/α-hetero) is 2. The summed E-state index contributed by atoms with van der Waals surface area (Å²) >= 11 is 1.39. The van der Waals surface area contributed by atoms with Crippen molar-refractivity contribution in [3.05, 3.63) is 106 Å². The van der Waals surface area contributed by atoms with Gasteiger partial charge in [-0.3, -0.25) is 24.1 Å². The number of aromatic nitrogens is 2. The van der Waals surface area contributed by atoms with Crippen LogP contribution in [0, 0.1) is 5.92 Å². The molecule has 268 valence electrons. The van der Waals surface area contributed by atoms with Crippen molar-refractivity contribution in [3.8, 4) is 0 Å². The highest BCUT2D eigenvalue weighted by molar-refractivity contribution is 7.07. The molecule has 2 saturated heterocycles. The second-order valence-corrected chi connectivity index (χ2v) is 14.0. The van der Waals surface area contributed by atoms with E-state index in [2.05, 4.69) is 25.7 Å². The van der Waals surface area contributed by atoms with Crippen molar-refractivity contribution in [1.29, 1.82) is 0 Å². The van der Waals surface area contributed by atoms with Crippen molar-refractivity contribution in [2.75, 3.05) is 32.9 Å². The number of carbonyl (C=O) groups is 4. The molecule has 4 atom stereocenters. The Balaban J connectivity index is 1.18. The van der Waals surface area contributed by atoms with Crippen LogP contribution in [0.1, 0.15) is 52.8 Å². The molecule has 0 spiro atoms. The number of hydrogen-bond acceptors (Lipinski definition) is 11. The molecule has 0 bridgehead atoms. The molecule has 2 aliphatic heterocycles. The third kappa shape index (κ3) is 10.3. The summed E-state index contributed by atoms with van der Waals surface area (Å²) in [5, 5.41) is 11.7. The van der Waals surface area contributed by atoms with E-state index < -0.39 is 35.4 Å². The van der Waals surface area contributed by atoms with E-state index in [9.17, 15) is 19.2 Å². The summed E-state index contributed by atoms with van der Waals surface area (Å²) in [5.74, 6) is -1.80. The van der Waals surface area contributed by atoms with E-state index in [4.69, 9.17) is 14.0 Å². The Labute approximate surface area is 300 Å². The molecule has 6 rings (SSSR count). The van der Waals surface area contributed by atoms with Gasteiger partial charge in [-0.1, -0.05) is 65.8 Å². The first kappa shape index (κ1) is 36.2. The summed E-state index contributed by atoms with van der Waals surface area (Å²) in [5.41, 5.74) is 3.35. The highest BCUT2D eigenvalue weighted by Gasteiger charge is 2.50. The second kappa shape index (κ2) is 17.1. The Morgan fingerprint density at radius 2 is 1.65 bits per heavy atom. The molecule has 4 heterocycles. The van der Waals surface area contributed by atoms with Gasteiger partial charge in [-0.05, 0) is 37.3 Å². The first-order valence-corrected chi connectivity index (χ1v) is 18.2. The largest absolute Gasteiger partial charge is 0.379 e. The van der Waals surface area contributed by atoms with Gasteiger partial charge in [0.1, 0.15) is 5.60 Å². The number of morpholine rings is 1. The zero-order chi connectivity index (χ0) is 35.6. The molecule has 2 aliphatic rings. The van der Waals surface area contributed by atoms with Crippen LogP contribution in [-0.2, 0) is 49.7 Å². The van der Waals surface area contributed by atoms with Gasteiger partial charge in [0.25, 0.3) is 5.91 Å². The second-order valence-electron chi connectivity index (χ2n) is 13.3. The molecule has 0 unspecified atom stereocenters. The van der Waals surface area contributed by atoms with E-state index in [0.29, 0.717) is 44.1 Å². The molecular formula is C38H43N5O7S. The topological polar surface area (TPSA) is 156 Å². The minimum absolute atomic E-state index is 0.0746. The molecule has 0 saturated carbocycles. The molecule has 2 aromatic carbocycles. The van der Waals surface area contributed by atoms with Crippen LogP contribution in [-0.4, -0.2) is 89.0 Å². The molecule has 12 nitrogen and oxygen atoms in total. The van der Waals surface area contributed by atoms with Crippen molar-refractivity contribution in [2.24, 2.45) is 5.92 Å². The van der Waals surface area contributed by atoms with E-state index in [1.807, 2.05) is 66.0 Å². The first-order chi connectivity index (χ1) is 24.8. The fourth-order valence-corrected chi connectivity index (χ4v) is 6.75. The van der Waals surface area contributed by atoms with Crippen LogP contribution in [0.25, 0.3) is 0 Å². The lowest BCUT2D eigenvalue weighted by atomic mass is 9.89. The maximum atomic E-state index is 14.2. The van der Waals surface area contributed by atoms with Gasteiger partial charge in [0.2, 0.25) is 5.91 Å². The summed E-state index contributed by atoms with van der Waals surface area (Å²) in [6.07, 6.45) is 1.12. The standard InChI is InChI=1S/C38H43N5O7S/c1-38(24-49-38)35(45)32(18-27-10-6-3-7-11-27)41-36(46)28(19-29-23-51-25-39-29)20-34(44)31(13-12-26-8-4-2-5-9-26)40-37(47)33-21-30(50-42-33)22-43-14-16-48-17-15-43/h2-11,21,23,25,28,31-32H,12-20,22,24H2,1H3,(H,40,47)(H,41,46)/t28-,31+,32+,38-/m1/s1. The van der Waals surface area contributed by atoms with Gasteiger partial charge >= 0.3 is 0 Å². The van der Waals surface area contributed by atoms with Crippen LogP contribution >= 0.6 is 11.3 Å². The van der Waals surface area contributed by atoms with Gasteiger partial charge in [-0.15, -0.1) is 11.3 Å². The number of carbonyl (C=O) groups excluding carboxylic acids is 4. The van der Waals surface area contributed by atoms with E-state index in [1.165, 1.54) is 11.3 Å². The number of ketones is 2. The summed E-state index contributed by atoms with van der Waals surface area (Å²) in [7, 11) is 0. The van der Waals surface area contributed by atoms with Gasteiger partial charge in [0.15, 0.2) is 23.0 Å². The van der Waals surface area contributed by atoms with Crippen LogP contribution < -0.4 is 10.6 Å². The lowest BCUT2D eigenvalue weighted by Crippen LogP contribution is -2.50. The summed E-state index contributed by atoms with van der Waals surface area (Å²) in [4.78, 5) is 61.8. The highest BCUT2D eigenvalue weighted by atomic mass is 32.1. The molecule has 0 radical (unpaired) electrons. The van der Waals surface area contributed by atoms with Crippen molar-refractivity contribution < 1.29 is 33.2 Å². The van der Waals surface area contributed by atoms with Gasteiger partial charge in [0.05, 0.1) is 55.6 Å². The Morgan fingerprint density at radius 3 is 2.31 bits per heavy atom. The van der Waals surface area contributed by atoms with Gasteiger partial charge < -0.3 is 24.6 Å². The molecule has 2 aromatic heterocycles. The molecule has 2 fully saturated rings. The van der Waals surface area contributed by atoms with E-state index in [0.717, 1.165) is 24.2 Å². The number of hydrogen-bond donors (Lipinski definition) is 2. The number of thiazole rings is 1. The number of amides is 2. The lowest BCUT2D eigenvalue weighted by molar-refractivity contribution is -0.134. The fourth-order valence-electron chi connectivity index (χ4n) is 6.18. The summed E-state index contributed by atoms with van der Waals surface area (Å²) in [6.45, 7) is 5.27. The van der Waals surface area contributed by atoms with E-state index in [-0.39, 0.29) is 43.1 Å². The number of nitrogens with one attached hydrogen (secondary N) is 2. The first-order valence-electron chi connectivity index (χ1n) is 17.3.